The smallest absolute Gasteiger partial charge is 0.243 e. The largest absolute Gasteiger partial charge is 0.355 e. The summed E-state index contributed by atoms with van der Waals surface area (Å²) in [6.07, 6.45) is 0.393. The van der Waals surface area contributed by atoms with Gasteiger partial charge in [0.1, 0.15) is 11.9 Å². The lowest BCUT2D eigenvalue weighted by molar-refractivity contribution is -0.139. The van der Waals surface area contributed by atoms with Crippen LogP contribution in [0.2, 0.25) is 5.02 Å². The molecule has 0 spiro atoms. The summed E-state index contributed by atoms with van der Waals surface area (Å²) in [7, 11) is 0. The maximum Gasteiger partial charge on any atom is 0.243 e. The van der Waals surface area contributed by atoms with Crippen molar-refractivity contribution in [3.63, 3.8) is 0 Å². The summed E-state index contributed by atoms with van der Waals surface area (Å²) in [4.78, 5) is 28.2. The van der Waals surface area contributed by atoms with Gasteiger partial charge in [0.05, 0.1) is 5.75 Å². The Bertz CT molecular complexity index is 1080. The molecule has 178 valence electrons. The molecule has 0 fully saturated rings. The number of thioether (sulfide) groups is 1. The summed E-state index contributed by atoms with van der Waals surface area (Å²) >= 11 is 7.37. The Morgan fingerprint density at radius 2 is 1.65 bits per heavy atom. The summed E-state index contributed by atoms with van der Waals surface area (Å²) in [5.74, 6) is -0.161. The van der Waals surface area contributed by atoms with Crippen molar-refractivity contribution < 1.29 is 14.0 Å². The van der Waals surface area contributed by atoms with Crippen LogP contribution >= 0.6 is 23.4 Å². The first-order valence-electron chi connectivity index (χ1n) is 11.1. The van der Waals surface area contributed by atoms with Gasteiger partial charge in [-0.1, -0.05) is 72.3 Å². The van der Waals surface area contributed by atoms with E-state index in [-0.39, 0.29) is 29.9 Å². The number of nitrogens with zero attached hydrogens (tertiary/aromatic N) is 1. The molecule has 4 nitrogen and oxygen atoms in total. The lowest BCUT2D eigenvalue weighted by atomic mass is 10.0. The molecule has 7 heteroatoms. The van der Waals surface area contributed by atoms with Crippen molar-refractivity contribution >= 4 is 35.2 Å². The van der Waals surface area contributed by atoms with E-state index in [1.807, 2.05) is 49.4 Å². The SMILES string of the molecule is CCNC(=O)[C@@H](Cc1ccccc1)N(Cc1ccc(Cl)cc1)C(=O)CSCc1ccccc1F. The van der Waals surface area contributed by atoms with Crippen LogP contribution in [0.3, 0.4) is 0 Å². The van der Waals surface area contributed by atoms with Crippen LogP contribution in [0.5, 0.6) is 0 Å². The number of likely N-dealkylation sites (N-methyl/N-ethyl adjacent to an activating group) is 1. The van der Waals surface area contributed by atoms with Crippen LogP contribution in [0.1, 0.15) is 23.6 Å². The minimum Gasteiger partial charge on any atom is -0.355 e. The number of halogens is 2. The molecule has 0 unspecified atom stereocenters. The molecule has 0 saturated carbocycles. The standard InChI is InChI=1S/C27H28ClFN2O2S/c1-2-30-27(33)25(16-20-8-4-3-5-9-20)31(17-21-12-14-23(28)15-13-21)26(32)19-34-18-22-10-6-7-11-24(22)29/h3-15,25H,2,16-19H2,1H3,(H,30,33)/t25-/m1/s1. The molecule has 0 aromatic heterocycles. The molecular weight excluding hydrogens is 471 g/mol. The van der Waals surface area contributed by atoms with E-state index in [2.05, 4.69) is 5.32 Å². The van der Waals surface area contributed by atoms with Crippen molar-refractivity contribution in [2.24, 2.45) is 0 Å². The number of benzene rings is 3. The van der Waals surface area contributed by atoms with Crippen LogP contribution < -0.4 is 5.32 Å². The van der Waals surface area contributed by atoms with Gasteiger partial charge in [0.2, 0.25) is 11.8 Å². The van der Waals surface area contributed by atoms with Crippen LogP contribution in [0.4, 0.5) is 4.39 Å². The van der Waals surface area contributed by atoms with Gasteiger partial charge >= 0.3 is 0 Å². The summed E-state index contributed by atoms with van der Waals surface area (Å²) in [6.45, 7) is 2.59. The molecule has 0 heterocycles. The second kappa shape index (κ2) is 13.2. The molecule has 34 heavy (non-hydrogen) atoms. The van der Waals surface area contributed by atoms with Crippen molar-refractivity contribution in [3.05, 3.63) is 106 Å². The van der Waals surface area contributed by atoms with Gasteiger partial charge in [-0.2, -0.15) is 0 Å². The molecule has 0 radical (unpaired) electrons. The number of hydrogen-bond donors (Lipinski definition) is 1. The first kappa shape index (κ1) is 25.8. The molecule has 0 aliphatic heterocycles. The molecule has 3 aromatic rings. The first-order chi connectivity index (χ1) is 16.5. The minimum absolute atomic E-state index is 0.132. The van der Waals surface area contributed by atoms with Gasteiger partial charge in [-0.3, -0.25) is 9.59 Å². The minimum atomic E-state index is -0.681. The molecule has 2 amide bonds. The Balaban J connectivity index is 1.82. The predicted octanol–water partition coefficient (Wildman–Crippen LogP) is 5.49. The van der Waals surface area contributed by atoms with Gasteiger partial charge in [0.15, 0.2) is 0 Å². The zero-order valence-corrected chi connectivity index (χ0v) is 20.6. The van der Waals surface area contributed by atoms with Crippen molar-refractivity contribution in [1.82, 2.24) is 10.2 Å². The van der Waals surface area contributed by atoms with Crippen molar-refractivity contribution in [1.29, 1.82) is 0 Å². The molecule has 0 bridgehead atoms. The van der Waals surface area contributed by atoms with E-state index in [9.17, 15) is 14.0 Å². The molecule has 0 aliphatic rings. The summed E-state index contributed by atoms with van der Waals surface area (Å²) in [5.41, 5.74) is 2.39. The van der Waals surface area contributed by atoms with Crippen LogP contribution in [0, 0.1) is 5.82 Å². The second-order valence-corrected chi connectivity index (χ2v) is 9.25. The Morgan fingerprint density at radius 1 is 0.971 bits per heavy atom. The molecule has 3 aromatic carbocycles. The van der Waals surface area contributed by atoms with E-state index in [0.29, 0.717) is 29.3 Å². The van der Waals surface area contributed by atoms with E-state index in [1.54, 1.807) is 35.2 Å². The third-order valence-corrected chi connectivity index (χ3v) is 6.55. The quantitative estimate of drug-likeness (QED) is 0.380. The fraction of sp³-hybridized carbons (Fsp3) is 0.259. The van der Waals surface area contributed by atoms with E-state index in [0.717, 1.165) is 11.1 Å². The molecule has 0 saturated heterocycles. The first-order valence-corrected chi connectivity index (χ1v) is 12.7. The average molecular weight is 499 g/mol. The zero-order chi connectivity index (χ0) is 24.3. The number of carbonyl (C=O) groups is 2. The van der Waals surface area contributed by atoms with Crippen LogP contribution in [-0.2, 0) is 28.3 Å². The van der Waals surface area contributed by atoms with Crippen molar-refractivity contribution in [2.75, 3.05) is 12.3 Å². The highest BCUT2D eigenvalue weighted by molar-refractivity contribution is 7.99. The maximum atomic E-state index is 14.0. The number of rotatable bonds is 11. The molecule has 3 rings (SSSR count). The number of nitrogens with one attached hydrogen (secondary N) is 1. The lowest BCUT2D eigenvalue weighted by Crippen LogP contribution is -2.51. The van der Waals surface area contributed by atoms with Gasteiger partial charge in [0, 0.05) is 30.3 Å². The van der Waals surface area contributed by atoms with E-state index < -0.39 is 6.04 Å². The normalized spacial score (nSPS) is 11.6. The molecule has 0 aliphatic carbocycles. The monoisotopic (exact) mass is 498 g/mol. The summed E-state index contributed by atoms with van der Waals surface area (Å²) < 4.78 is 14.0. The van der Waals surface area contributed by atoms with E-state index in [4.69, 9.17) is 11.6 Å². The molecule has 1 atom stereocenters. The Kier molecular flexibility index (Phi) is 9.98. The van der Waals surface area contributed by atoms with Crippen LogP contribution in [0.25, 0.3) is 0 Å². The number of amides is 2. The lowest BCUT2D eigenvalue weighted by Gasteiger charge is -2.31. The van der Waals surface area contributed by atoms with Crippen molar-refractivity contribution in [3.8, 4) is 0 Å². The average Bonchev–Trinajstić information content (AvgIpc) is 2.84. The van der Waals surface area contributed by atoms with E-state index >= 15 is 0 Å². The van der Waals surface area contributed by atoms with Crippen molar-refractivity contribution in [2.45, 2.75) is 31.7 Å². The topological polar surface area (TPSA) is 49.4 Å². The summed E-state index contributed by atoms with van der Waals surface area (Å²) in [6, 6.07) is 22.8. The van der Waals surface area contributed by atoms with Crippen LogP contribution in [-0.4, -0.2) is 35.1 Å². The Labute approximate surface area is 209 Å². The highest BCUT2D eigenvalue weighted by atomic mass is 35.5. The predicted molar refractivity (Wildman–Crippen MR) is 137 cm³/mol. The highest BCUT2D eigenvalue weighted by Gasteiger charge is 2.30. The van der Waals surface area contributed by atoms with Gasteiger partial charge < -0.3 is 10.2 Å². The van der Waals surface area contributed by atoms with E-state index in [1.165, 1.54) is 17.8 Å². The van der Waals surface area contributed by atoms with Gasteiger partial charge in [0.25, 0.3) is 0 Å². The maximum absolute atomic E-state index is 14.0. The Morgan fingerprint density at radius 3 is 2.32 bits per heavy atom. The number of carbonyl (C=O) groups excluding carboxylic acids is 2. The molecular formula is C27H28ClFN2O2S. The highest BCUT2D eigenvalue weighted by Crippen LogP contribution is 2.20. The fourth-order valence-electron chi connectivity index (χ4n) is 3.58. The number of hydrogen-bond acceptors (Lipinski definition) is 3. The fourth-order valence-corrected chi connectivity index (χ4v) is 4.60. The third kappa shape index (κ3) is 7.61. The van der Waals surface area contributed by atoms with Gasteiger partial charge in [-0.15, -0.1) is 11.8 Å². The van der Waals surface area contributed by atoms with Gasteiger partial charge in [-0.05, 0) is 41.8 Å². The van der Waals surface area contributed by atoms with Crippen LogP contribution in [0.15, 0.2) is 78.9 Å². The third-order valence-electron chi connectivity index (χ3n) is 5.33. The zero-order valence-electron chi connectivity index (χ0n) is 19.0. The Hall–Kier alpha value is -2.83. The second-order valence-electron chi connectivity index (χ2n) is 7.83. The summed E-state index contributed by atoms with van der Waals surface area (Å²) in [5, 5.41) is 3.48. The molecule has 1 N–H and O–H groups in total. The van der Waals surface area contributed by atoms with Gasteiger partial charge in [-0.25, -0.2) is 4.39 Å².